The summed E-state index contributed by atoms with van der Waals surface area (Å²) in [5.41, 5.74) is 2.12. The van der Waals surface area contributed by atoms with Gasteiger partial charge in [0.2, 0.25) is 12.7 Å². The number of carbonyl (C=O) groups excluding carboxylic acids is 1. The second-order valence-corrected chi connectivity index (χ2v) is 5.66. The molecule has 0 unspecified atom stereocenters. The van der Waals surface area contributed by atoms with Gasteiger partial charge in [0.05, 0.1) is 0 Å². The molecular weight excluding hydrogens is 278 g/mol. The van der Waals surface area contributed by atoms with Crippen LogP contribution in [0.4, 0.5) is 0 Å². The molecule has 0 atom stereocenters. The highest BCUT2D eigenvalue weighted by atomic mass is 16.7. The molecule has 1 heterocycles. The van der Waals surface area contributed by atoms with Gasteiger partial charge < -0.3 is 14.8 Å². The van der Waals surface area contributed by atoms with Crippen molar-refractivity contribution in [3.05, 3.63) is 41.5 Å². The first-order chi connectivity index (χ1) is 10.6. The zero-order valence-corrected chi connectivity index (χ0v) is 13.4. The number of hydrogen-bond acceptors (Lipinski definition) is 3. The highest BCUT2D eigenvalue weighted by molar-refractivity contribution is 5.88. The van der Waals surface area contributed by atoms with Gasteiger partial charge in [-0.15, -0.1) is 0 Å². The minimum atomic E-state index is -0.0567. The van der Waals surface area contributed by atoms with Gasteiger partial charge in [-0.1, -0.05) is 39.0 Å². The van der Waals surface area contributed by atoms with Crippen molar-refractivity contribution >= 4 is 12.0 Å². The van der Waals surface area contributed by atoms with E-state index >= 15 is 0 Å². The van der Waals surface area contributed by atoms with Crippen LogP contribution in [0.25, 0.3) is 6.08 Å². The molecule has 22 heavy (non-hydrogen) atoms. The number of benzene rings is 1. The first-order valence-corrected chi connectivity index (χ1v) is 7.64. The Balaban J connectivity index is 2.02. The lowest BCUT2D eigenvalue weighted by Crippen LogP contribution is -2.25. The fourth-order valence-electron chi connectivity index (χ4n) is 2.03. The fraction of sp³-hybridized carbons (Fsp3) is 0.389. The van der Waals surface area contributed by atoms with Gasteiger partial charge in [-0.25, -0.2) is 0 Å². The standard InChI is InChI=1S/C18H23NO3/c1-4-14(6-8-18(20)19-11-13(2)3)9-15-5-7-16-17(10-15)22-12-21-16/h5-10,13H,4,11-12H2,1-3H3,(H,19,20)/b8-6+,14-9+. The molecule has 2 rings (SSSR count). The van der Waals surface area contributed by atoms with E-state index in [0.29, 0.717) is 12.5 Å². The maximum absolute atomic E-state index is 11.7. The zero-order chi connectivity index (χ0) is 15.9. The number of amides is 1. The number of ether oxygens (including phenoxy) is 2. The van der Waals surface area contributed by atoms with Gasteiger partial charge in [-0.2, -0.15) is 0 Å². The summed E-state index contributed by atoms with van der Waals surface area (Å²) < 4.78 is 10.7. The Hall–Kier alpha value is -2.23. The van der Waals surface area contributed by atoms with Crippen LogP contribution in [0.1, 0.15) is 32.8 Å². The second kappa shape index (κ2) is 7.69. The molecule has 4 nitrogen and oxygen atoms in total. The second-order valence-electron chi connectivity index (χ2n) is 5.66. The molecule has 0 aromatic heterocycles. The van der Waals surface area contributed by atoms with Crippen molar-refractivity contribution in [1.29, 1.82) is 0 Å². The van der Waals surface area contributed by atoms with E-state index in [-0.39, 0.29) is 12.7 Å². The third-order valence-electron chi connectivity index (χ3n) is 3.29. The van der Waals surface area contributed by atoms with Crippen LogP contribution in [0, 0.1) is 5.92 Å². The molecule has 118 valence electrons. The minimum Gasteiger partial charge on any atom is -0.454 e. The van der Waals surface area contributed by atoms with E-state index < -0.39 is 0 Å². The van der Waals surface area contributed by atoms with E-state index in [0.717, 1.165) is 29.1 Å². The van der Waals surface area contributed by atoms with Gasteiger partial charge in [-0.3, -0.25) is 4.79 Å². The van der Waals surface area contributed by atoms with Gasteiger partial charge >= 0.3 is 0 Å². The highest BCUT2D eigenvalue weighted by Crippen LogP contribution is 2.33. The Morgan fingerprint density at radius 1 is 1.27 bits per heavy atom. The Morgan fingerprint density at radius 3 is 2.77 bits per heavy atom. The quantitative estimate of drug-likeness (QED) is 0.646. The highest BCUT2D eigenvalue weighted by Gasteiger charge is 2.12. The summed E-state index contributed by atoms with van der Waals surface area (Å²) in [5.74, 6) is 1.94. The maximum atomic E-state index is 11.7. The van der Waals surface area contributed by atoms with E-state index in [1.54, 1.807) is 6.08 Å². The minimum absolute atomic E-state index is 0.0567. The van der Waals surface area contributed by atoms with Crippen LogP contribution < -0.4 is 14.8 Å². The van der Waals surface area contributed by atoms with Crippen LogP contribution in [-0.2, 0) is 4.79 Å². The molecule has 0 bridgehead atoms. The summed E-state index contributed by atoms with van der Waals surface area (Å²) in [4.78, 5) is 11.7. The van der Waals surface area contributed by atoms with Gasteiger partial charge in [0, 0.05) is 12.6 Å². The third kappa shape index (κ3) is 4.65. The van der Waals surface area contributed by atoms with Crippen molar-refractivity contribution in [2.75, 3.05) is 13.3 Å². The normalized spacial score (nSPS) is 13.9. The topological polar surface area (TPSA) is 47.6 Å². The smallest absolute Gasteiger partial charge is 0.243 e. The van der Waals surface area contributed by atoms with Gasteiger partial charge in [-0.05, 0) is 35.6 Å². The number of carbonyl (C=O) groups is 1. The van der Waals surface area contributed by atoms with E-state index in [9.17, 15) is 4.79 Å². The Kier molecular flexibility index (Phi) is 5.64. The van der Waals surface area contributed by atoms with Crippen LogP contribution in [0.3, 0.4) is 0 Å². The van der Waals surface area contributed by atoms with E-state index in [1.165, 1.54) is 0 Å². The van der Waals surface area contributed by atoms with Crippen molar-refractivity contribution < 1.29 is 14.3 Å². The number of nitrogens with one attached hydrogen (secondary N) is 1. The number of fused-ring (bicyclic) bond motifs is 1. The molecule has 1 aliphatic rings. The molecule has 0 fully saturated rings. The molecule has 1 aliphatic heterocycles. The van der Waals surface area contributed by atoms with E-state index in [1.807, 2.05) is 30.4 Å². The molecule has 0 spiro atoms. The molecule has 0 radical (unpaired) electrons. The average Bonchev–Trinajstić information content (AvgIpc) is 2.96. The number of hydrogen-bond donors (Lipinski definition) is 1. The summed E-state index contributed by atoms with van der Waals surface area (Å²) >= 11 is 0. The SMILES string of the molecule is CCC(/C=C/C(=O)NCC(C)C)=C\c1ccc2c(c1)OCO2. The molecule has 1 amide bonds. The summed E-state index contributed by atoms with van der Waals surface area (Å²) in [6.45, 7) is 7.17. The van der Waals surface area contributed by atoms with Crippen LogP contribution in [-0.4, -0.2) is 19.2 Å². The lowest BCUT2D eigenvalue weighted by Gasteiger charge is -2.05. The average molecular weight is 301 g/mol. The summed E-state index contributed by atoms with van der Waals surface area (Å²) in [7, 11) is 0. The predicted octanol–water partition coefficient (Wildman–Crippen LogP) is 3.54. The van der Waals surface area contributed by atoms with Crippen molar-refractivity contribution in [3.63, 3.8) is 0 Å². The van der Waals surface area contributed by atoms with Gasteiger partial charge in [0.1, 0.15) is 0 Å². The van der Waals surface area contributed by atoms with E-state index in [4.69, 9.17) is 9.47 Å². The first-order valence-electron chi connectivity index (χ1n) is 7.64. The van der Waals surface area contributed by atoms with Crippen molar-refractivity contribution in [1.82, 2.24) is 5.32 Å². The Labute approximate surface area is 131 Å². The monoisotopic (exact) mass is 301 g/mol. The van der Waals surface area contributed by atoms with Crippen LogP contribution in [0.2, 0.25) is 0 Å². The Bertz CT molecular complexity index is 588. The molecule has 0 aliphatic carbocycles. The first kappa shape index (κ1) is 16.1. The number of rotatable bonds is 6. The molecule has 1 aromatic rings. The molecule has 4 heteroatoms. The zero-order valence-electron chi connectivity index (χ0n) is 13.4. The summed E-state index contributed by atoms with van der Waals surface area (Å²) in [6, 6.07) is 5.83. The van der Waals surface area contributed by atoms with Crippen LogP contribution in [0.15, 0.2) is 35.9 Å². The van der Waals surface area contributed by atoms with Crippen LogP contribution >= 0.6 is 0 Å². The van der Waals surface area contributed by atoms with Crippen molar-refractivity contribution in [2.24, 2.45) is 5.92 Å². The summed E-state index contributed by atoms with van der Waals surface area (Å²) in [6.07, 6.45) is 6.35. The molecule has 0 saturated heterocycles. The molecule has 1 aromatic carbocycles. The van der Waals surface area contributed by atoms with Crippen LogP contribution in [0.5, 0.6) is 11.5 Å². The Morgan fingerprint density at radius 2 is 2.05 bits per heavy atom. The largest absolute Gasteiger partial charge is 0.454 e. The van der Waals surface area contributed by atoms with Crippen molar-refractivity contribution in [2.45, 2.75) is 27.2 Å². The third-order valence-corrected chi connectivity index (χ3v) is 3.29. The molecule has 1 N–H and O–H groups in total. The lowest BCUT2D eigenvalue weighted by molar-refractivity contribution is -0.116. The fourth-order valence-corrected chi connectivity index (χ4v) is 2.03. The molecule has 0 saturated carbocycles. The van der Waals surface area contributed by atoms with Gasteiger partial charge in [0.25, 0.3) is 0 Å². The van der Waals surface area contributed by atoms with Crippen molar-refractivity contribution in [3.8, 4) is 11.5 Å². The van der Waals surface area contributed by atoms with Gasteiger partial charge in [0.15, 0.2) is 11.5 Å². The molecular formula is C18H23NO3. The number of allylic oxidation sites excluding steroid dienone is 2. The van der Waals surface area contributed by atoms with E-state index in [2.05, 4.69) is 26.1 Å². The lowest BCUT2D eigenvalue weighted by atomic mass is 10.1. The predicted molar refractivity (Wildman–Crippen MR) is 87.8 cm³/mol. The maximum Gasteiger partial charge on any atom is 0.243 e. The summed E-state index contributed by atoms with van der Waals surface area (Å²) in [5, 5.41) is 2.87.